The Bertz CT molecular complexity index is 1040. The molecule has 0 saturated heterocycles. The van der Waals surface area contributed by atoms with Gasteiger partial charge in [0.05, 0.1) is 49.4 Å². The lowest BCUT2D eigenvalue weighted by atomic mass is 9.92. The zero-order chi connectivity index (χ0) is 25.8. The van der Waals surface area contributed by atoms with Gasteiger partial charge in [0.25, 0.3) is 0 Å². The molecule has 1 heterocycles. The SMILES string of the molecule is CCOC(=O)c1c(COCCN)nc(C)c(C(=O)OC)c1-c1ccccc1Cl.O=C(O)C(=O)O. The number of rotatable bonds is 8. The summed E-state index contributed by atoms with van der Waals surface area (Å²) in [6, 6.07) is 6.91. The van der Waals surface area contributed by atoms with Gasteiger partial charge in [-0.05, 0) is 19.9 Å². The number of carbonyl (C=O) groups excluding carboxylic acids is 2. The van der Waals surface area contributed by atoms with E-state index in [1.807, 2.05) is 0 Å². The van der Waals surface area contributed by atoms with Gasteiger partial charge in [-0.3, -0.25) is 4.98 Å². The second kappa shape index (κ2) is 13.9. The van der Waals surface area contributed by atoms with Crippen LogP contribution in [0.2, 0.25) is 5.02 Å². The number of ether oxygens (including phenoxy) is 3. The number of nitrogens with zero attached hydrogens (tertiary/aromatic N) is 1. The number of esters is 2. The molecule has 34 heavy (non-hydrogen) atoms. The van der Waals surface area contributed by atoms with Crippen LogP contribution in [0.25, 0.3) is 11.1 Å². The third-order valence-electron chi connectivity index (χ3n) is 4.15. The van der Waals surface area contributed by atoms with Crippen molar-refractivity contribution < 1.29 is 43.6 Å². The van der Waals surface area contributed by atoms with Gasteiger partial charge in [0.1, 0.15) is 0 Å². The van der Waals surface area contributed by atoms with E-state index in [9.17, 15) is 9.59 Å². The molecule has 0 amide bonds. The van der Waals surface area contributed by atoms with E-state index >= 15 is 0 Å². The van der Waals surface area contributed by atoms with Gasteiger partial charge in [0.2, 0.25) is 0 Å². The number of aliphatic carboxylic acids is 2. The van der Waals surface area contributed by atoms with E-state index in [-0.39, 0.29) is 24.3 Å². The minimum absolute atomic E-state index is 0.0328. The molecule has 0 aliphatic carbocycles. The molecule has 11 nitrogen and oxygen atoms in total. The van der Waals surface area contributed by atoms with E-state index < -0.39 is 23.9 Å². The minimum Gasteiger partial charge on any atom is -0.473 e. The quantitative estimate of drug-likeness (QED) is 0.277. The van der Waals surface area contributed by atoms with Crippen LogP contribution < -0.4 is 5.73 Å². The van der Waals surface area contributed by atoms with E-state index in [1.54, 1.807) is 38.1 Å². The first-order valence-corrected chi connectivity index (χ1v) is 10.3. The van der Waals surface area contributed by atoms with Crippen LogP contribution in [-0.2, 0) is 30.4 Å². The van der Waals surface area contributed by atoms with Crippen molar-refractivity contribution in [3.63, 3.8) is 0 Å². The van der Waals surface area contributed by atoms with Gasteiger partial charge < -0.3 is 30.2 Å². The predicted molar refractivity (Wildman–Crippen MR) is 121 cm³/mol. The number of aromatic nitrogens is 1. The van der Waals surface area contributed by atoms with Gasteiger partial charge in [0, 0.05) is 22.7 Å². The van der Waals surface area contributed by atoms with Crippen molar-refractivity contribution in [2.75, 3.05) is 26.9 Å². The smallest absolute Gasteiger partial charge is 0.414 e. The van der Waals surface area contributed by atoms with Crippen molar-refractivity contribution in [2.24, 2.45) is 5.73 Å². The summed E-state index contributed by atoms with van der Waals surface area (Å²) in [5.41, 5.74) is 7.29. The molecule has 2 aromatic rings. The van der Waals surface area contributed by atoms with Crippen molar-refractivity contribution in [3.8, 4) is 11.1 Å². The van der Waals surface area contributed by atoms with Crippen LogP contribution >= 0.6 is 11.6 Å². The van der Waals surface area contributed by atoms with E-state index in [4.69, 9.17) is 51.3 Å². The molecular weight excluding hydrogens is 472 g/mol. The van der Waals surface area contributed by atoms with Crippen LogP contribution in [0.15, 0.2) is 24.3 Å². The topological polar surface area (TPSA) is 175 Å². The third kappa shape index (κ3) is 7.51. The normalized spacial score (nSPS) is 10.0. The molecule has 4 N–H and O–H groups in total. The zero-order valence-corrected chi connectivity index (χ0v) is 19.5. The van der Waals surface area contributed by atoms with Crippen molar-refractivity contribution in [1.82, 2.24) is 4.98 Å². The highest BCUT2D eigenvalue weighted by atomic mass is 35.5. The van der Waals surface area contributed by atoms with Gasteiger partial charge in [-0.2, -0.15) is 0 Å². The molecule has 0 atom stereocenters. The molecule has 1 aromatic heterocycles. The average molecular weight is 497 g/mol. The fourth-order valence-electron chi connectivity index (χ4n) is 2.83. The first-order valence-electron chi connectivity index (χ1n) is 9.88. The van der Waals surface area contributed by atoms with Crippen molar-refractivity contribution in [1.29, 1.82) is 0 Å². The molecule has 0 unspecified atom stereocenters. The van der Waals surface area contributed by atoms with Gasteiger partial charge in [-0.25, -0.2) is 19.2 Å². The summed E-state index contributed by atoms with van der Waals surface area (Å²) in [5.74, 6) is -4.90. The minimum atomic E-state index is -1.82. The number of nitrogens with two attached hydrogens (primary N) is 1. The summed E-state index contributed by atoms with van der Waals surface area (Å²) in [6.45, 7) is 4.17. The Balaban J connectivity index is 0.000000852. The van der Waals surface area contributed by atoms with Crippen LogP contribution in [0.3, 0.4) is 0 Å². The molecule has 0 saturated carbocycles. The number of methoxy groups -OCH3 is 1. The highest BCUT2D eigenvalue weighted by Gasteiger charge is 2.29. The average Bonchev–Trinajstić information content (AvgIpc) is 2.79. The van der Waals surface area contributed by atoms with E-state index in [2.05, 4.69) is 4.98 Å². The number of hydrogen-bond donors (Lipinski definition) is 3. The summed E-state index contributed by atoms with van der Waals surface area (Å²) < 4.78 is 15.7. The van der Waals surface area contributed by atoms with Crippen LogP contribution in [0.4, 0.5) is 0 Å². The van der Waals surface area contributed by atoms with Crippen LogP contribution in [0.1, 0.15) is 39.0 Å². The van der Waals surface area contributed by atoms with Gasteiger partial charge in [-0.1, -0.05) is 29.8 Å². The molecule has 1 aromatic carbocycles. The molecule has 0 radical (unpaired) electrons. The highest BCUT2D eigenvalue weighted by Crippen LogP contribution is 2.36. The summed E-state index contributed by atoms with van der Waals surface area (Å²) in [7, 11) is 1.26. The largest absolute Gasteiger partial charge is 0.473 e. The van der Waals surface area contributed by atoms with Gasteiger partial charge >= 0.3 is 23.9 Å². The van der Waals surface area contributed by atoms with Crippen LogP contribution in [0, 0.1) is 6.92 Å². The maximum Gasteiger partial charge on any atom is 0.414 e. The second-order valence-corrected chi connectivity index (χ2v) is 6.82. The number of carboxylic acids is 2. The fraction of sp³-hybridized carbons (Fsp3) is 0.318. The predicted octanol–water partition coefficient (Wildman–Crippen LogP) is 2.30. The Hall–Kier alpha value is -3.54. The van der Waals surface area contributed by atoms with E-state index in [0.29, 0.717) is 40.7 Å². The third-order valence-corrected chi connectivity index (χ3v) is 4.48. The molecule has 0 aliphatic heterocycles. The Kier molecular flexibility index (Phi) is 11.6. The molecule has 2 rings (SSSR count). The lowest BCUT2D eigenvalue weighted by molar-refractivity contribution is -0.159. The summed E-state index contributed by atoms with van der Waals surface area (Å²) in [5, 5.41) is 15.2. The Morgan fingerprint density at radius 3 is 2.18 bits per heavy atom. The maximum absolute atomic E-state index is 12.8. The molecular formula is C22H25ClN2O9. The lowest BCUT2D eigenvalue weighted by Gasteiger charge is -2.19. The summed E-state index contributed by atoms with van der Waals surface area (Å²) in [4.78, 5) is 48.0. The summed E-state index contributed by atoms with van der Waals surface area (Å²) >= 11 is 6.39. The number of aryl methyl sites for hydroxylation is 1. The monoisotopic (exact) mass is 496 g/mol. The molecule has 12 heteroatoms. The molecule has 184 valence electrons. The molecule has 0 fully saturated rings. The zero-order valence-electron chi connectivity index (χ0n) is 18.8. The number of halogens is 1. The molecule has 0 bridgehead atoms. The number of hydrogen-bond acceptors (Lipinski definition) is 9. The first-order chi connectivity index (χ1) is 16.1. The van der Waals surface area contributed by atoms with Gasteiger partial charge in [-0.15, -0.1) is 0 Å². The Morgan fingerprint density at radius 2 is 1.68 bits per heavy atom. The Labute approximate surface area is 200 Å². The van der Waals surface area contributed by atoms with Crippen molar-refractivity contribution >= 4 is 35.5 Å². The standard InChI is InChI=1S/C20H23ClN2O5.C2H2O4/c1-4-28-20(25)18-15(11-27-10-9-22)23-12(2)16(19(24)26-3)17(18)13-7-5-6-8-14(13)21;3-1(4)2(5)6/h5-8H,4,9-11,22H2,1-3H3;(H,3,4)(H,5,6). The van der Waals surface area contributed by atoms with Crippen molar-refractivity contribution in [3.05, 3.63) is 51.8 Å². The molecule has 0 spiro atoms. The van der Waals surface area contributed by atoms with E-state index in [1.165, 1.54) is 7.11 Å². The van der Waals surface area contributed by atoms with Crippen LogP contribution in [-0.4, -0.2) is 65.9 Å². The van der Waals surface area contributed by atoms with Crippen molar-refractivity contribution in [2.45, 2.75) is 20.5 Å². The number of benzene rings is 1. The van der Waals surface area contributed by atoms with Gasteiger partial charge in [0.15, 0.2) is 0 Å². The second-order valence-electron chi connectivity index (χ2n) is 6.41. The van der Waals surface area contributed by atoms with E-state index in [0.717, 1.165) is 0 Å². The fourth-order valence-corrected chi connectivity index (χ4v) is 3.06. The lowest BCUT2D eigenvalue weighted by Crippen LogP contribution is -2.19. The Morgan fingerprint density at radius 1 is 1.06 bits per heavy atom. The molecule has 0 aliphatic rings. The number of pyridine rings is 1. The summed E-state index contributed by atoms with van der Waals surface area (Å²) in [6.07, 6.45) is 0. The van der Waals surface area contributed by atoms with Crippen LogP contribution in [0.5, 0.6) is 0 Å². The maximum atomic E-state index is 12.8. The highest BCUT2D eigenvalue weighted by molar-refractivity contribution is 6.34. The first kappa shape index (κ1) is 28.5. The number of carbonyl (C=O) groups is 4. The number of carboxylic acid groups (broad SMARTS) is 2.